The maximum absolute atomic E-state index is 12.9. The zero-order valence-electron chi connectivity index (χ0n) is 50.3. The first kappa shape index (κ1) is 72.4. The normalized spacial score (nSPS) is 12.3. The third-order valence-corrected chi connectivity index (χ3v) is 14.8. The van der Waals surface area contributed by atoms with Crippen molar-refractivity contribution in [1.29, 1.82) is 0 Å². The van der Waals surface area contributed by atoms with Gasteiger partial charge < -0.3 is 14.2 Å². The van der Waals surface area contributed by atoms with Crippen LogP contribution in [0, 0.1) is 0 Å². The largest absolute Gasteiger partial charge is 0.462 e. The van der Waals surface area contributed by atoms with Gasteiger partial charge >= 0.3 is 17.9 Å². The fraction of sp³-hybridized carbons (Fsp3) is 0.841. The average molecular weight is 1050 g/mol. The molecule has 0 spiro atoms. The Morgan fingerprint density at radius 1 is 0.267 bits per heavy atom. The lowest BCUT2D eigenvalue weighted by atomic mass is 10.1. The Balaban J connectivity index is 4.35. The van der Waals surface area contributed by atoms with Gasteiger partial charge in [0.25, 0.3) is 0 Å². The second kappa shape index (κ2) is 63.9. The van der Waals surface area contributed by atoms with Gasteiger partial charge in [-0.05, 0) is 103 Å². The van der Waals surface area contributed by atoms with Gasteiger partial charge in [0.2, 0.25) is 0 Å². The molecule has 0 aromatic carbocycles. The molecular formula is C69H126O6. The molecule has 0 saturated heterocycles. The molecule has 0 saturated carbocycles. The average Bonchev–Trinajstić information content (AvgIpc) is 3.41. The van der Waals surface area contributed by atoms with Gasteiger partial charge in [-0.3, -0.25) is 14.4 Å². The number of carbonyl (C=O) groups is 3. The summed E-state index contributed by atoms with van der Waals surface area (Å²) in [5, 5.41) is 0. The summed E-state index contributed by atoms with van der Waals surface area (Å²) in [5.41, 5.74) is 0. The first-order chi connectivity index (χ1) is 37.0. The maximum atomic E-state index is 12.9. The highest BCUT2D eigenvalue weighted by molar-refractivity contribution is 5.71. The van der Waals surface area contributed by atoms with Crippen molar-refractivity contribution in [2.24, 2.45) is 0 Å². The van der Waals surface area contributed by atoms with Crippen molar-refractivity contribution in [2.45, 2.75) is 361 Å². The third-order valence-electron chi connectivity index (χ3n) is 14.8. The number of hydrogen-bond acceptors (Lipinski definition) is 6. The fourth-order valence-corrected chi connectivity index (χ4v) is 9.76. The molecule has 0 heterocycles. The van der Waals surface area contributed by atoms with Crippen LogP contribution in [0.25, 0.3) is 0 Å². The second-order valence-electron chi connectivity index (χ2n) is 22.4. The number of hydrogen-bond donors (Lipinski definition) is 0. The number of ether oxygens (including phenoxy) is 3. The highest BCUT2D eigenvalue weighted by Crippen LogP contribution is 2.17. The molecule has 0 amide bonds. The van der Waals surface area contributed by atoms with Gasteiger partial charge in [-0.1, -0.05) is 281 Å². The maximum Gasteiger partial charge on any atom is 0.306 e. The molecule has 438 valence electrons. The molecule has 0 aromatic heterocycles. The molecule has 0 radical (unpaired) electrons. The van der Waals surface area contributed by atoms with Gasteiger partial charge in [-0.2, -0.15) is 0 Å². The summed E-state index contributed by atoms with van der Waals surface area (Å²) in [5.74, 6) is -0.860. The smallest absolute Gasteiger partial charge is 0.306 e. The van der Waals surface area contributed by atoms with Crippen LogP contribution in [0.1, 0.15) is 355 Å². The van der Waals surface area contributed by atoms with Gasteiger partial charge in [0.15, 0.2) is 6.10 Å². The van der Waals surface area contributed by atoms with E-state index in [-0.39, 0.29) is 31.1 Å². The van der Waals surface area contributed by atoms with E-state index in [1.165, 1.54) is 250 Å². The predicted octanol–water partition coefficient (Wildman–Crippen LogP) is 22.6. The lowest BCUT2D eigenvalue weighted by Gasteiger charge is -2.18. The van der Waals surface area contributed by atoms with Gasteiger partial charge in [-0.25, -0.2) is 0 Å². The molecule has 0 rings (SSSR count). The summed E-state index contributed by atoms with van der Waals surface area (Å²) >= 11 is 0. The van der Waals surface area contributed by atoms with E-state index in [1.54, 1.807) is 0 Å². The standard InChI is InChI=1S/C69H126O6/c1-4-7-10-13-16-19-22-25-28-31-34-37-40-43-46-49-52-55-58-61-67(70)73-64-66(75-69(72)63-60-57-54-51-48-45-42-39-36-33-30-27-24-21-18-15-12-9-6-3)65-74-68(71)62-59-56-53-50-47-44-41-38-35-32-29-26-23-20-17-14-11-8-5-2/h16,19,25-30,66H,4-15,17-18,20-24,31-65H2,1-3H3/b19-16-,28-25-,29-26-,30-27-. The molecule has 0 aliphatic carbocycles. The Morgan fingerprint density at radius 2 is 0.480 bits per heavy atom. The van der Waals surface area contributed by atoms with Crippen LogP contribution in [-0.2, 0) is 28.6 Å². The van der Waals surface area contributed by atoms with Crippen LogP contribution in [0.15, 0.2) is 48.6 Å². The Bertz CT molecular complexity index is 1300. The molecule has 6 nitrogen and oxygen atoms in total. The molecule has 0 N–H and O–H groups in total. The number of carbonyl (C=O) groups excluding carboxylic acids is 3. The SMILES string of the molecule is CCCCC/C=C\C/C=C\CCCCCCCCCCCC(=O)OCC(COC(=O)CCCCCCCCCCC/C=C\CCCCCCCC)OC(=O)CCCCCCCCCCC/C=C\CCCCCCCC. The van der Waals surface area contributed by atoms with Crippen molar-refractivity contribution in [3.63, 3.8) is 0 Å². The van der Waals surface area contributed by atoms with Crippen molar-refractivity contribution in [3.05, 3.63) is 48.6 Å². The van der Waals surface area contributed by atoms with Gasteiger partial charge in [0.1, 0.15) is 13.2 Å². The quantitative estimate of drug-likeness (QED) is 0.0261. The van der Waals surface area contributed by atoms with Crippen molar-refractivity contribution >= 4 is 17.9 Å². The molecule has 6 heteroatoms. The summed E-state index contributed by atoms with van der Waals surface area (Å²) in [7, 11) is 0. The van der Waals surface area contributed by atoms with Crippen LogP contribution in [0.4, 0.5) is 0 Å². The topological polar surface area (TPSA) is 78.9 Å². The van der Waals surface area contributed by atoms with E-state index in [9.17, 15) is 14.4 Å². The monoisotopic (exact) mass is 1050 g/mol. The van der Waals surface area contributed by atoms with Crippen molar-refractivity contribution in [2.75, 3.05) is 13.2 Å². The van der Waals surface area contributed by atoms with E-state index in [2.05, 4.69) is 69.4 Å². The number of esters is 3. The summed E-state index contributed by atoms with van der Waals surface area (Å²) in [6.45, 7) is 6.66. The summed E-state index contributed by atoms with van der Waals surface area (Å²) < 4.78 is 17.0. The molecule has 0 bridgehead atoms. The minimum Gasteiger partial charge on any atom is -0.462 e. The van der Waals surface area contributed by atoms with Gasteiger partial charge in [0, 0.05) is 19.3 Å². The van der Waals surface area contributed by atoms with E-state index < -0.39 is 6.10 Å². The Morgan fingerprint density at radius 3 is 0.773 bits per heavy atom. The fourth-order valence-electron chi connectivity index (χ4n) is 9.76. The van der Waals surface area contributed by atoms with E-state index >= 15 is 0 Å². The molecule has 1 unspecified atom stereocenters. The predicted molar refractivity (Wildman–Crippen MR) is 325 cm³/mol. The number of allylic oxidation sites excluding steroid dienone is 8. The molecule has 0 fully saturated rings. The van der Waals surface area contributed by atoms with Crippen LogP contribution in [0.2, 0.25) is 0 Å². The van der Waals surface area contributed by atoms with Gasteiger partial charge in [0.05, 0.1) is 0 Å². The number of unbranched alkanes of at least 4 members (excludes halogenated alkanes) is 42. The molecule has 75 heavy (non-hydrogen) atoms. The first-order valence-electron chi connectivity index (χ1n) is 33.1. The highest BCUT2D eigenvalue weighted by Gasteiger charge is 2.19. The van der Waals surface area contributed by atoms with E-state index in [0.717, 1.165) is 64.2 Å². The van der Waals surface area contributed by atoms with Crippen LogP contribution < -0.4 is 0 Å². The second-order valence-corrected chi connectivity index (χ2v) is 22.4. The zero-order valence-corrected chi connectivity index (χ0v) is 50.3. The van der Waals surface area contributed by atoms with E-state index in [4.69, 9.17) is 14.2 Å². The van der Waals surface area contributed by atoms with Crippen molar-refractivity contribution in [3.8, 4) is 0 Å². The number of rotatable bonds is 61. The highest BCUT2D eigenvalue weighted by atomic mass is 16.6. The minimum atomic E-state index is -0.777. The lowest BCUT2D eigenvalue weighted by molar-refractivity contribution is -0.167. The first-order valence-corrected chi connectivity index (χ1v) is 33.1. The summed E-state index contributed by atoms with van der Waals surface area (Å²) in [6.07, 6.45) is 79.7. The van der Waals surface area contributed by atoms with Crippen molar-refractivity contribution < 1.29 is 28.6 Å². The Labute approximate surface area is 467 Å². The zero-order chi connectivity index (χ0) is 54.3. The Kier molecular flexibility index (Phi) is 61.7. The van der Waals surface area contributed by atoms with Gasteiger partial charge in [-0.15, -0.1) is 0 Å². The Hall–Kier alpha value is -2.63. The van der Waals surface area contributed by atoms with E-state index in [0.29, 0.717) is 19.3 Å². The molecule has 0 aromatic rings. The summed E-state index contributed by atoms with van der Waals surface area (Å²) in [6, 6.07) is 0. The molecule has 1 atom stereocenters. The molecular weight excluding hydrogens is 925 g/mol. The van der Waals surface area contributed by atoms with Crippen molar-refractivity contribution in [1.82, 2.24) is 0 Å². The van der Waals surface area contributed by atoms with Crippen LogP contribution >= 0.6 is 0 Å². The minimum absolute atomic E-state index is 0.0736. The van der Waals surface area contributed by atoms with Crippen LogP contribution in [0.3, 0.4) is 0 Å². The van der Waals surface area contributed by atoms with Crippen LogP contribution in [-0.4, -0.2) is 37.2 Å². The third kappa shape index (κ3) is 62.1. The lowest BCUT2D eigenvalue weighted by Crippen LogP contribution is -2.30. The van der Waals surface area contributed by atoms with E-state index in [1.807, 2.05) is 0 Å². The summed E-state index contributed by atoms with van der Waals surface area (Å²) in [4.78, 5) is 38.4. The molecule has 0 aliphatic rings. The molecule has 0 aliphatic heterocycles. The van der Waals surface area contributed by atoms with Crippen LogP contribution in [0.5, 0.6) is 0 Å².